The van der Waals surface area contributed by atoms with Crippen LogP contribution in [-0.4, -0.2) is 52.0 Å². The molecule has 7 rings (SSSR count). The molecule has 9 heteroatoms. The summed E-state index contributed by atoms with van der Waals surface area (Å²) in [5, 5.41) is 40.4. The van der Waals surface area contributed by atoms with Crippen LogP contribution in [0.25, 0.3) is 0 Å². The number of anilines is 2. The van der Waals surface area contributed by atoms with Crippen molar-refractivity contribution < 1.29 is 10.2 Å². The van der Waals surface area contributed by atoms with Gasteiger partial charge in [-0.3, -0.25) is 0 Å². The predicted octanol–water partition coefficient (Wildman–Crippen LogP) is 5.11. The van der Waals surface area contributed by atoms with Gasteiger partial charge in [0.15, 0.2) is 0 Å². The molecular formula is C31H41ClN6O2. The molecule has 0 aliphatic heterocycles. The van der Waals surface area contributed by atoms with Gasteiger partial charge in [-0.15, -0.1) is 0 Å². The summed E-state index contributed by atoms with van der Waals surface area (Å²) in [6.07, 6.45) is 12.9. The zero-order chi connectivity index (χ0) is 27.7. The van der Waals surface area contributed by atoms with Gasteiger partial charge >= 0.3 is 0 Å². The molecule has 0 spiro atoms. The summed E-state index contributed by atoms with van der Waals surface area (Å²) in [6, 6.07) is 8.09. The Bertz CT molecular complexity index is 1230. The number of aromatic nitrogens is 2. The van der Waals surface area contributed by atoms with E-state index in [1.54, 1.807) is 18.3 Å². The summed E-state index contributed by atoms with van der Waals surface area (Å²) in [6.45, 7) is 2.56. The van der Waals surface area contributed by atoms with Crippen LogP contribution in [0.5, 0.6) is 5.75 Å². The molecule has 5 aliphatic rings. The van der Waals surface area contributed by atoms with Crippen LogP contribution in [0.15, 0.2) is 24.4 Å². The minimum Gasteiger partial charge on any atom is -0.506 e. The van der Waals surface area contributed by atoms with Crippen LogP contribution < -0.4 is 16.0 Å². The quantitative estimate of drug-likeness (QED) is 0.269. The molecule has 0 saturated heterocycles. The second-order valence-corrected chi connectivity index (χ2v) is 13.4. The maximum atomic E-state index is 9.85. The molecule has 5 fully saturated rings. The maximum Gasteiger partial charge on any atom is 0.224 e. The van der Waals surface area contributed by atoms with Crippen LogP contribution in [0.1, 0.15) is 68.9 Å². The summed E-state index contributed by atoms with van der Waals surface area (Å²) < 4.78 is 0. The van der Waals surface area contributed by atoms with Crippen molar-refractivity contribution in [1.29, 1.82) is 5.26 Å². The normalized spacial score (nSPS) is 32.5. The highest BCUT2D eigenvalue weighted by atomic mass is 35.5. The lowest BCUT2D eigenvalue weighted by atomic mass is 9.48. The Kier molecular flexibility index (Phi) is 8.07. The van der Waals surface area contributed by atoms with Gasteiger partial charge in [0.1, 0.15) is 23.2 Å². The Hall–Kier alpha value is -2.60. The molecule has 8 nitrogen and oxygen atoms in total. The minimum atomic E-state index is -0.0850. The van der Waals surface area contributed by atoms with Crippen molar-refractivity contribution >= 4 is 23.4 Å². The number of phenolic OH excluding ortho intramolecular Hbond substituents is 1. The van der Waals surface area contributed by atoms with E-state index in [0.717, 1.165) is 62.1 Å². The van der Waals surface area contributed by atoms with E-state index < -0.39 is 0 Å². The second-order valence-electron chi connectivity index (χ2n) is 13.0. The van der Waals surface area contributed by atoms with E-state index in [1.807, 2.05) is 6.07 Å². The monoisotopic (exact) mass is 564 g/mol. The molecule has 5 saturated carbocycles. The maximum absolute atomic E-state index is 9.85. The number of nitriles is 1. The third-order valence-corrected chi connectivity index (χ3v) is 10.4. The molecule has 5 N–H and O–H groups in total. The smallest absolute Gasteiger partial charge is 0.224 e. The van der Waals surface area contributed by atoms with Crippen molar-refractivity contribution in [3.8, 4) is 11.8 Å². The van der Waals surface area contributed by atoms with Gasteiger partial charge in [-0.2, -0.15) is 10.2 Å². The Morgan fingerprint density at radius 1 is 1.07 bits per heavy atom. The highest BCUT2D eigenvalue weighted by molar-refractivity contribution is 6.32. The predicted molar refractivity (Wildman–Crippen MR) is 156 cm³/mol. The lowest BCUT2D eigenvalue weighted by Gasteiger charge is -2.60. The summed E-state index contributed by atoms with van der Waals surface area (Å²) >= 11 is 6.03. The van der Waals surface area contributed by atoms with E-state index in [1.165, 1.54) is 32.1 Å². The third-order valence-electron chi connectivity index (χ3n) is 10.1. The molecule has 1 aromatic carbocycles. The van der Waals surface area contributed by atoms with Gasteiger partial charge in [0.05, 0.1) is 17.3 Å². The molecule has 3 unspecified atom stereocenters. The number of nitrogens with zero attached hydrogens (tertiary/aromatic N) is 3. The molecule has 214 valence electrons. The van der Waals surface area contributed by atoms with E-state index in [9.17, 15) is 15.5 Å². The van der Waals surface area contributed by atoms with Crippen LogP contribution in [0, 0.1) is 40.4 Å². The standard InChI is InChI=1S/C31H41ClN6O2/c32-26-11-19(3-6-27(26)40)7-8-34-30-36-17-24(15-33)29(38-30)37-18-31-12-21-9-22(13-31)28(23(10-21)14-31)35-16-20-1-4-25(39)5-2-20/h3,6,11,17,20-23,25,28,35,39-40H,1-2,4-5,7-10,12-14,16,18H2,(H2,34,36,37,38)/t20?,21?,22-,23+,25?,28?,31?. The molecule has 40 heavy (non-hydrogen) atoms. The van der Waals surface area contributed by atoms with Crippen molar-refractivity contribution in [2.45, 2.75) is 76.4 Å². The molecule has 5 aliphatic carbocycles. The van der Waals surface area contributed by atoms with Crippen molar-refractivity contribution in [2.24, 2.45) is 29.1 Å². The lowest BCUT2D eigenvalue weighted by molar-refractivity contribution is -0.0705. The number of rotatable bonds is 10. The first-order valence-corrected chi connectivity index (χ1v) is 15.4. The van der Waals surface area contributed by atoms with Crippen molar-refractivity contribution in [3.63, 3.8) is 0 Å². The molecule has 0 amide bonds. The summed E-state index contributed by atoms with van der Waals surface area (Å²) in [5.74, 6) is 4.17. The molecular weight excluding hydrogens is 524 g/mol. The number of phenols is 1. The highest BCUT2D eigenvalue weighted by Gasteiger charge is 2.55. The fraction of sp³-hybridized carbons (Fsp3) is 0.645. The fourth-order valence-electron chi connectivity index (χ4n) is 8.37. The Morgan fingerprint density at radius 2 is 1.85 bits per heavy atom. The number of aromatic hydroxyl groups is 1. The minimum absolute atomic E-state index is 0.0799. The Balaban J connectivity index is 1.05. The number of halogens is 1. The number of hydrogen-bond donors (Lipinski definition) is 5. The Morgan fingerprint density at radius 3 is 2.58 bits per heavy atom. The zero-order valence-corrected chi connectivity index (χ0v) is 23.8. The van der Waals surface area contributed by atoms with E-state index >= 15 is 0 Å². The van der Waals surface area contributed by atoms with Crippen molar-refractivity contribution in [1.82, 2.24) is 15.3 Å². The number of nitrogens with one attached hydrogen (secondary N) is 3. The van der Waals surface area contributed by atoms with Crippen LogP contribution >= 0.6 is 11.6 Å². The lowest BCUT2D eigenvalue weighted by Crippen LogP contribution is -2.60. The molecule has 0 radical (unpaired) electrons. The molecule has 1 heterocycles. The topological polar surface area (TPSA) is 126 Å². The van der Waals surface area contributed by atoms with Gasteiger partial charge in [-0.05, 0) is 118 Å². The Labute approximate surface area is 242 Å². The van der Waals surface area contributed by atoms with Gasteiger partial charge in [0, 0.05) is 19.1 Å². The largest absolute Gasteiger partial charge is 0.506 e. The molecule has 1 aromatic heterocycles. The average molecular weight is 565 g/mol. The average Bonchev–Trinajstić information content (AvgIpc) is 2.94. The SMILES string of the molecule is N#Cc1cnc(NCCc2ccc(O)c(Cl)c2)nc1NCC12CC3C[C@H](C1)C(NCC1CCC(O)CC1)[C@@H](C3)C2. The first-order valence-electron chi connectivity index (χ1n) is 15.0. The van der Waals surface area contributed by atoms with Crippen LogP contribution in [0.3, 0.4) is 0 Å². The molecule has 4 bridgehead atoms. The fourth-order valence-corrected chi connectivity index (χ4v) is 8.58. The van der Waals surface area contributed by atoms with Crippen molar-refractivity contribution in [3.05, 3.63) is 40.5 Å². The molecule has 2 aromatic rings. The summed E-state index contributed by atoms with van der Waals surface area (Å²) in [4.78, 5) is 9.02. The van der Waals surface area contributed by atoms with Crippen LogP contribution in [-0.2, 0) is 6.42 Å². The molecule has 5 atom stereocenters. The number of aliphatic hydroxyl groups excluding tert-OH is 1. The van der Waals surface area contributed by atoms with E-state index in [4.69, 9.17) is 11.6 Å². The van der Waals surface area contributed by atoms with Crippen LogP contribution in [0.2, 0.25) is 5.02 Å². The third kappa shape index (κ3) is 6.02. The van der Waals surface area contributed by atoms with Crippen LogP contribution in [0.4, 0.5) is 11.8 Å². The number of benzene rings is 1. The summed E-state index contributed by atoms with van der Waals surface area (Å²) in [5.41, 5.74) is 1.75. The van der Waals surface area contributed by atoms with E-state index in [2.05, 4.69) is 32.0 Å². The second kappa shape index (κ2) is 11.7. The van der Waals surface area contributed by atoms with Gasteiger partial charge < -0.3 is 26.2 Å². The van der Waals surface area contributed by atoms with Gasteiger partial charge in [0.25, 0.3) is 0 Å². The zero-order valence-electron chi connectivity index (χ0n) is 23.1. The van der Waals surface area contributed by atoms with Gasteiger partial charge in [-0.25, -0.2) is 4.98 Å². The van der Waals surface area contributed by atoms with E-state index in [0.29, 0.717) is 47.3 Å². The number of hydrogen-bond acceptors (Lipinski definition) is 8. The number of aliphatic hydroxyl groups is 1. The van der Waals surface area contributed by atoms with E-state index in [-0.39, 0.29) is 17.3 Å². The first kappa shape index (κ1) is 27.6. The summed E-state index contributed by atoms with van der Waals surface area (Å²) in [7, 11) is 0. The highest BCUT2D eigenvalue weighted by Crippen LogP contribution is 2.60. The van der Waals surface area contributed by atoms with Gasteiger partial charge in [0.2, 0.25) is 5.95 Å². The van der Waals surface area contributed by atoms with Crippen molar-refractivity contribution in [2.75, 3.05) is 30.3 Å². The first-order chi connectivity index (χ1) is 19.4. The van der Waals surface area contributed by atoms with Gasteiger partial charge in [-0.1, -0.05) is 17.7 Å².